The zero-order valence-corrected chi connectivity index (χ0v) is 14.5. The van der Waals surface area contributed by atoms with Gasteiger partial charge in [0.25, 0.3) is 0 Å². The molecular weight excluding hydrogens is 357 g/mol. The number of hydrogen-bond acceptors (Lipinski definition) is 3. The number of anilines is 2. The molecule has 2 aromatic rings. The first kappa shape index (κ1) is 18.9. The first-order chi connectivity index (χ1) is 11.7. The molecule has 1 atom stereocenters. The first-order valence-corrected chi connectivity index (χ1v) is 7.67. The monoisotopic (exact) mass is 372 g/mol. The molecule has 0 radical (unpaired) electrons. The highest BCUT2D eigenvalue weighted by atomic mass is 35.5. The Bertz CT molecular complexity index is 815. The molecule has 2 aromatic carbocycles. The van der Waals surface area contributed by atoms with Gasteiger partial charge in [0.2, 0.25) is 5.91 Å². The van der Waals surface area contributed by atoms with Crippen molar-refractivity contribution in [3.63, 3.8) is 0 Å². The molecule has 0 aliphatic heterocycles. The van der Waals surface area contributed by atoms with E-state index in [1.54, 1.807) is 19.1 Å². The molecule has 1 unspecified atom stereocenters. The summed E-state index contributed by atoms with van der Waals surface area (Å²) < 4.78 is 45.0. The van der Waals surface area contributed by atoms with Crippen molar-refractivity contribution < 1.29 is 22.7 Å². The third-order valence-electron chi connectivity index (χ3n) is 3.54. The van der Waals surface area contributed by atoms with Gasteiger partial charge in [-0.1, -0.05) is 11.6 Å². The molecule has 2 rings (SSSR count). The van der Waals surface area contributed by atoms with E-state index < -0.39 is 35.1 Å². The highest BCUT2D eigenvalue weighted by Gasteiger charge is 2.19. The minimum absolute atomic E-state index is 0.425. The van der Waals surface area contributed by atoms with E-state index in [-0.39, 0.29) is 0 Å². The van der Waals surface area contributed by atoms with Crippen LogP contribution < -0.4 is 15.4 Å². The molecule has 0 fully saturated rings. The van der Waals surface area contributed by atoms with Crippen molar-refractivity contribution in [1.29, 1.82) is 0 Å². The van der Waals surface area contributed by atoms with Crippen LogP contribution in [0.5, 0.6) is 5.75 Å². The molecule has 0 saturated carbocycles. The largest absolute Gasteiger partial charge is 0.495 e. The summed E-state index contributed by atoms with van der Waals surface area (Å²) in [5.74, 6) is -4.65. The summed E-state index contributed by atoms with van der Waals surface area (Å²) >= 11 is 6.02. The van der Waals surface area contributed by atoms with Crippen LogP contribution in [-0.4, -0.2) is 19.1 Å². The number of carbonyl (C=O) groups is 1. The Morgan fingerprint density at radius 2 is 1.84 bits per heavy atom. The Balaban J connectivity index is 2.16. The number of methoxy groups -OCH3 is 1. The third kappa shape index (κ3) is 4.17. The Morgan fingerprint density at radius 1 is 1.16 bits per heavy atom. The third-order valence-corrected chi connectivity index (χ3v) is 3.95. The molecule has 2 N–H and O–H groups in total. The molecular formula is C17H16ClF3N2O2. The number of halogens is 4. The summed E-state index contributed by atoms with van der Waals surface area (Å²) in [5, 5.41) is 5.62. The van der Waals surface area contributed by atoms with Gasteiger partial charge in [0.15, 0.2) is 17.5 Å². The molecule has 0 aliphatic carbocycles. The van der Waals surface area contributed by atoms with Crippen LogP contribution in [0.4, 0.5) is 24.5 Å². The van der Waals surface area contributed by atoms with Gasteiger partial charge in [-0.05, 0) is 37.6 Å². The lowest BCUT2D eigenvalue weighted by atomic mass is 10.2. The second kappa shape index (κ2) is 7.65. The quantitative estimate of drug-likeness (QED) is 0.759. The summed E-state index contributed by atoms with van der Waals surface area (Å²) in [4.78, 5) is 12.2. The molecule has 1 amide bonds. The normalized spacial score (nSPS) is 11.8. The lowest BCUT2D eigenvalue weighted by Crippen LogP contribution is -2.32. The van der Waals surface area contributed by atoms with Gasteiger partial charge in [-0.15, -0.1) is 0 Å². The molecule has 4 nitrogen and oxygen atoms in total. The average molecular weight is 373 g/mol. The Hall–Kier alpha value is -2.41. The van der Waals surface area contributed by atoms with Crippen LogP contribution in [0.15, 0.2) is 24.3 Å². The van der Waals surface area contributed by atoms with Crippen LogP contribution in [0.2, 0.25) is 5.02 Å². The number of nitrogens with one attached hydrogen (secondary N) is 2. The summed E-state index contributed by atoms with van der Waals surface area (Å²) in [5.41, 5.74) is 0.832. The van der Waals surface area contributed by atoms with E-state index in [2.05, 4.69) is 10.6 Å². The minimum atomic E-state index is -1.64. The SMILES string of the molecule is COc1cc(Cl)c(C)cc1NC(C)C(=O)Nc1ccc(F)c(F)c1F. The molecule has 0 spiro atoms. The van der Waals surface area contributed by atoms with Gasteiger partial charge < -0.3 is 15.4 Å². The van der Waals surface area contributed by atoms with E-state index >= 15 is 0 Å². The lowest BCUT2D eigenvalue weighted by Gasteiger charge is -2.18. The van der Waals surface area contributed by atoms with Gasteiger partial charge in [0.05, 0.1) is 18.5 Å². The molecule has 0 aliphatic rings. The number of aryl methyl sites for hydroxylation is 1. The van der Waals surface area contributed by atoms with E-state index in [0.29, 0.717) is 16.5 Å². The van der Waals surface area contributed by atoms with Crippen LogP contribution in [0.1, 0.15) is 12.5 Å². The molecule has 0 bridgehead atoms. The van der Waals surface area contributed by atoms with E-state index in [1.807, 2.05) is 0 Å². The van der Waals surface area contributed by atoms with Gasteiger partial charge in [0, 0.05) is 11.1 Å². The summed E-state index contributed by atoms with van der Waals surface area (Å²) in [6.45, 7) is 3.31. The maximum atomic E-state index is 13.6. The van der Waals surface area contributed by atoms with Crippen molar-refractivity contribution in [2.45, 2.75) is 19.9 Å². The number of hydrogen-bond donors (Lipinski definition) is 2. The number of carbonyl (C=O) groups excluding carboxylic acids is 1. The van der Waals surface area contributed by atoms with Crippen LogP contribution in [0.3, 0.4) is 0 Å². The van der Waals surface area contributed by atoms with Crippen molar-refractivity contribution in [2.75, 3.05) is 17.7 Å². The van der Waals surface area contributed by atoms with Gasteiger partial charge in [-0.3, -0.25) is 4.79 Å². The molecule has 0 saturated heterocycles. The van der Waals surface area contributed by atoms with Crippen molar-refractivity contribution in [1.82, 2.24) is 0 Å². The second-order valence-corrected chi connectivity index (χ2v) is 5.79. The zero-order chi connectivity index (χ0) is 18.7. The van der Waals surface area contributed by atoms with Crippen molar-refractivity contribution in [3.8, 4) is 5.75 Å². The Labute approximate surface area is 147 Å². The maximum absolute atomic E-state index is 13.6. The van der Waals surface area contributed by atoms with Gasteiger partial charge >= 0.3 is 0 Å². The molecule has 0 heterocycles. The standard InChI is InChI=1S/C17H16ClF3N2O2/c1-8-6-13(14(25-3)7-10(8)18)22-9(2)17(24)23-12-5-4-11(19)15(20)16(12)21/h4-7,9,22H,1-3H3,(H,23,24). The molecule has 25 heavy (non-hydrogen) atoms. The van der Waals surface area contributed by atoms with E-state index in [1.165, 1.54) is 14.0 Å². The molecule has 8 heteroatoms. The topological polar surface area (TPSA) is 50.4 Å². The highest BCUT2D eigenvalue weighted by Crippen LogP contribution is 2.31. The second-order valence-electron chi connectivity index (χ2n) is 5.38. The zero-order valence-electron chi connectivity index (χ0n) is 13.7. The highest BCUT2D eigenvalue weighted by molar-refractivity contribution is 6.31. The number of amides is 1. The Morgan fingerprint density at radius 3 is 2.48 bits per heavy atom. The fourth-order valence-electron chi connectivity index (χ4n) is 2.11. The van der Waals surface area contributed by atoms with Gasteiger partial charge in [-0.25, -0.2) is 13.2 Å². The summed E-state index contributed by atoms with van der Waals surface area (Å²) in [6, 6.07) is 4.16. The minimum Gasteiger partial charge on any atom is -0.495 e. The van der Waals surface area contributed by atoms with Gasteiger partial charge in [-0.2, -0.15) is 0 Å². The van der Waals surface area contributed by atoms with Crippen LogP contribution in [0, 0.1) is 24.4 Å². The average Bonchev–Trinajstić information content (AvgIpc) is 2.58. The molecule has 0 aromatic heterocycles. The van der Waals surface area contributed by atoms with Gasteiger partial charge in [0.1, 0.15) is 11.8 Å². The molecule has 134 valence electrons. The van der Waals surface area contributed by atoms with E-state index in [9.17, 15) is 18.0 Å². The Kier molecular flexibility index (Phi) is 5.79. The van der Waals surface area contributed by atoms with Crippen LogP contribution in [0.25, 0.3) is 0 Å². The van der Waals surface area contributed by atoms with E-state index in [4.69, 9.17) is 16.3 Å². The fraction of sp³-hybridized carbons (Fsp3) is 0.235. The fourth-order valence-corrected chi connectivity index (χ4v) is 2.26. The maximum Gasteiger partial charge on any atom is 0.246 e. The van der Waals surface area contributed by atoms with Crippen LogP contribution in [-0.2, 0) is 4.79 Å². The number of ether oxygens (including phenoxy) is 1. The lowest BCUT2D eigenvalue weighted by molar-refractivity contribution is -0.116. The summed E-state index contributed by atoms with van der Waals surface area (Å²) in [7, 11) is 1.45. The predicted molar refractivity (Wildman–Crippen MR) is 90.8 cm³/mol. The predicted octanol–water partition coefficient (Wildman–Crippen LogP) is 4.51. The summed E-state index contributed by atoms with van der Waals surface area (Å²) in [6.07, 6.45) is 0. The van der Waals surface area contributed by atoms with Crippen LogP contribution >= 0.6 is 11.6 Å². The number of rotatable bonds is 5. The smallest absolute Gasteiger partial charge is 0.246 e. The van der Waals surface area contributed by atoms with Crippen molar-refractivity contribution in [2.24, 2.45) is 0 Å². The first-order valence-electron chi connectivity index (χ1n) is 7.29. The number of benzene rings is 2. The van der Waals surface area contributed by atoms with E-state index in [0.717, 1.165) is 17.7 Å². The van der Waals surface area contributed by atoms with Crippen molar-refractivity contribution >= 4 is 28.9 Å². The van der Waals surface area contributed by atoms with Crippen molar-refractivity contribution in [3.05, 3.63) is 52.3 Å².